The molecule has 1 fully saturated rings. The van der Waals surface area contributed by atoms with Crippen LogP contribution in [0.2, 0.25) is 0 Å². The molecule has 6 heteroatoms. The van der Waals surface area contributed by atoms with E-state index in [4.69, 9.17) is 14.2 Å². The lowest BCUT2D eigenvalue weighted by molar-refractivity contribution is -0.177. The van der Waals surface area contributed by atoms with E-state index >= 15 is 0 Å². The fraction of sp³-hybridized carbons (Fsp3) is 0.579. The van der Waals surface area contributed by atoms with Crippen molar-refractivity contribution < 1.29 is 23.8 Å². The fourth-order valence-corrected chi connectivity index (χ4v) is 3.33. The molecule has 0 spiro atoms. The zero-order valence-electron chi connectivity index (χ0n) is 15.2. The van der Waals surface area contributed by atoms with Crippen LogP contribution in [0.25, 0.3) is 0 Å². The normalized spacial score (nSPS) is 19.1. The number of esters is 2. The highest BCUT2D eigenvalue weighted by Crippen LogP contribution is 2.36. The second kappa shape index (κ2) is 8.85. The Morgan fingerprint density at radius 2 is 1.72 bits per heavy atom. The van der Waals surface area contributed by atoms with Crippen molar-refractivity contribution in [3.8, 4) is 5.75 Å². The Bertz CT molecular complexity index is 566. The lowest BCUT2D eigenvalue weighted by atomic mass is 9.71. The van der Waals surface area contributed by atoms with Crippen LogP contribution in [0.4, 0.5) is 0 Å². The van der Waals surface area contributed by atoms with E-state index in [1.54, 1.807) is 21.0 Å². The third-order valence-corrected chi connectivity index (χ3v) is 4.61. The minimum absolute atomic E-state index is 0.231. The zero-order valence-corrected chi connectivity index (χ0v) is 15.2. The molecule has 0 aromatic heterocycles. The summed E-state index contributed by atoms with van der Waals surface area (Å²) in [6.45, 7) is 4.70. The molecule has 1 saturated heterocycles. The Morgan fingerprint density at radius 3 is 2.24 bits per heavy atom. The highest BCUT2D eigenvalue weighted by atomic mass is 16.6. The quantitative estimate of drug-likeness (QED) is 0.600. The van der Waals surface area contributed by atoms with Gasteiger partial charge in [-0.25, -0.2) is 0 Å². The van der Waals surface area contributed by atoms with Gasteiger partial charge in [0, 0.05) is 6.04 Å². The predicted octanol–water partition coefficient (Wildman–Crippen LogP) is 2.10. The van der Waals surface area contributed by atoms with Gasteiger partial charge < -0.3 is 19.5 Å². The fourth-order valence-electron chi connectivity index (χ4n) is 3.33. The predicted molar refractivity (Wildman–Crippen MR) is 93.4 cm³/mol. The Balaban J connectivity index is 2.31. The topological polar surface area (TPSA) is 73.9 Å². The number of carbonyl (C=O) groups excluding carboxylic acids is 2. The number of carbonyl (C=O) groups is 2. The summed E-state index contributed by atoms with van der Waals surface area (Å²) in [4.78, 5) is 25.5. The molecule has 1 aliphatic rings. The molecule has 138 valence electrons. The highest BCUT2D eigenvalue weighted by Gasteiger charge is 2.55. The summed E-state index contributed by atoms with van der Waals surface area (Å²) >= 11 is 0. The van der Waals surface area contributed by atoms with Crippen molar-refractivity contribution in [3.05, 3.63) is 29.8 Å². The van der Waals surface area contributed by atoms with E-state index in [1.165, 1.54) is 0 Å². The number of nitrogens with one attached hydrogen (secondary N) is 1. The molecule has 6 nitrogen and oxygen atoms in total. The average Bonchev–Trinajstić information content (AvgIpc) is 2.63. The molecule has 25 heavy (non-hydrogen) atoms. The third kappa shape index (κ3) is 4.12. The summed E-state index contributed by atoms with van der Waals surface area (Å²) < 4.78 is 15.7. The van der Waals surface area contributed by atoms with E-state index in [-0.39, 0.29) is 19.3 Å². The maximum atomic E-state index is 12.8. The maximum Gasteiger partial charge on any atom is 0.325 e. The van der Waals surface area contributed by atoms with E-state index in [0.29, 0.717) is 12.8 Å². The smallest absolute Gasteiger partial charge is 0.325 e. The lowest BCUT2D eigenvalue weighted by Gasteiger charge is -2.40. The summed E-state index contributed by atoms with van der Waals surface area (Å²) in [5, 5.41) is 3.33. The van der Waals surface area contributed by atoms with E-state index < -0.39 is 17.4 Å². The Labute approximate surface area is 148 Å². The minimum Gasteiger partial charge on any atom is -0.497 e. The number of rotatable bonds is 7. The lowest BCUT2D eigenvalue weighted by Crippen LogP contribution is -2.60. The Morgan fingerprint density at radius 1 is 1.12 bits per heavy atom. The second-order valence-electron chi connectivity index (χ2n) is 6.07. The number of methoxy groups -OCH3 is 1. The molecule has 1 unspecified atom stereocenters. The molecule has 0 amide bonds. The van der Waals surface area contributed by atoms with Crippen molar-refractivity contribution in [1.29, 1.82) is 0 Å². The first-order valence-corrected chi connectivity index (χ1v) is 8.79. The molecule has 1 aromatic rings. The van der Waals surface area contributed by atoms with E-state index in [2.05, 4.69) is 5.32 Å². The molecule has 0 aliphatic carbocycles. The van der Waals surface area contributed by atoms with Gasteiger partial charge in [0.15, 0.2) is 5.41 Å². The molecule has 0 bridgehead atoms. The van der Waals surface area contributed by atoms with Gasteiger partial charge in [-0.1, -0.05) is 12.1 Å². The number of hydrogen-bond acceptors (Lipinski definition) is 6. The third-order valence-electron chi connectivity index (χ3n) is 4.61. The van der Waals surface area contributed by atoms with Gasteiger partial charge in [-0.15, -0.1) is 0 Å². The largest absolute Gasteiger partial charge is 0.497 e. The molecule has 0 saturated carbocycles. The second-order valence-corrected chi connectivity index (χ2v) is 6.07. The molecule has 1 heterocycles. The van der Waals surface area contributed by atoms with Gasteiger partial charge >= 0.3 is 11.9 Å². The van der Waals surface area contributed by atoms with Crippen LogP contribution in [-0.4, -0.2) is 44.8 Å². The molecule has 1 aromatic carbocycles. The first-order chi connectivity index (χ1) is 12.1. The standard InChI is InChI=1S/C19H27NO5/c1-4-24-17(21)19(18(22)25-5-2)11-6-12-20-16(19)13-14-7-9-15(23-3)10-8-14/h7-10,16,20H,4-6,11-13H2,1-3H3. The van der Waals surface area contributed by atoms with Gasteiger partial charge in [0.2, 0.25) is 0 Å². The van der Waals surface area contributed by atoms with Crippen LogP contribution in [0.5, 0.6) is 5.75 Å². The van der Waals surface area contributed by atoms with E-state index in [9.17, 15) is 9.59 Å². The SMILES string of the molecule is CCOC(=O)C1(C(=O)OCC)CCCNC1Cc1ccc(OC)cc1. The molecule has 2 rings (SSSR count). The minimum atomic E-state index is -1.30. The molecule has 0 radical (unpaired) electrons. The van der Waals surface area contributed by atoms with Crippen LogP contribution in [-0.2, 0) is 25.5 Å². The maximum absolute atomic E-state index is 12.8. The first kappa shape index (κ1) is 19.2. The summed E-state index contributed by atoms with van der Waals surface area (Å²) in [6.07, 6.45) is 1.68. The summed E-state index contributed by atoms with van der Waals surface area (Å²) in [6, 6.07) is 7.25. The highest BCUT2D eigenvalue weighted by molar-refractivity contribution is 6.01. The Hall–Kier alpha value is -2.08. The van der Waals surface area contributed by atoms with Crippen LogP contribution in [0, 0.1) is 5.41 Å². The van der Waals surface area contributed by atoms with Crippen LogP contribution < -0.4 is 10.1 Å². The van der Waals surface area contributed by atoms with Gasteiger partial charge in [-0.05, 0) is 57.4 Å². The number of hydrogen-bond donors (Lipinski definition) is 1. The molecular formula is C19H27NO5. The van der Waals surface area contributed by atoms with Crippen molar-refractivity contribution in [2.75, 3.05) is 26.9 Å². The number of benzene rings is 1. The molecular weight excluding hydrogens is 322 g/mol. The molecule has 1 aliphatic heterocycles. The summed E-state index contributed by atoms with van der Waals surface area (Å²) in [5.41, 5.74) is -0.289. The number of ether oxygens (including phenoxy) is 3. The van der Waals surface area contributed by atoms with Gasteiger partial charge in [0.1, 0.15) is 5.75 Å². The van der Waals surface area contributed by atoms with E-state index in [0.717, 1.165) is 24.3 Å². The van der Waals surface area contributed by atoms with Crippen LogP contribution >= 0.6 is 0 Å². The molecule has 1 N–H and O–H groups in total. The summed E-state index contributed by atoms with van der Waals surface area (Å²) in [5.74, 6) is -0.235. The average molecular weight is 349 g/mol. The van der Waals surface area contributed by atoms with Gasteiger partial charge in [-0.2, -0.15) is 0 Å². The van der Waals surface area contributed by atoms with Crippen molar-refractivity contribution in [2.24, 2.45) is 5.41 Å². The monoisotopic (exact) mass is 349 g/mol. The van der Waals surface area contributed by atoms with Crippen molar-refractivity contribution in [2.45, 2.75) is 39.2 Å². The first-order valence-electron chi connectivity index (χ1n) is 8.79. The van der Waals surface area contributed by atoms with Crippen LogP contribution in [0.15, 0.2) is 24.3 Å². The van der Waals surface area contributed by atoms with Crippen LogP contribution in [0.1, 0.15) is 32.3 Å². The zero-order chi connectivity index (χ0) is 18.3. The van der Waals surface area contributed by atoms with Crippen molar-refractivity contribution in [1.82, 2.24) is 5.32 Å². The van der Waals surface area contributed by atoms with Gasteiger partial charge in [0.05, 0.1) is 20.3 Å². The van der Waals surface area contributed by atoms with Gasteiger partial charge in [-0.3, -0.25) is 9.59 Å². The van der Waals surface area contributed by atoms with Crippen LogP contribution in [0.3, 0.4) is 0 Å². The Kier molecular flexibility index (Phi) is 6.82. The molecule has 1 atom stereocenters. The number of piperidine rings is 1. The van der Waals surface area contributed by atoms with Crippen molar-refractivity contribution in [3.63, 3.8) is 0 Å². The van der Waals surface area contributed by atoms with Crippen molar-refractivity contribution >= 4 is 11.9 Å². The van der Waals surface area contributed by atoms with Gasteiger partial charge in [0.25, 0.3) is 0 Å². The summed E-state index contributed by atoms with van der Waals surface area (Å²) in [7, 11) is 1.62. The van der Waals surface area contributed by atoms with E-state index in [1.807, 2.05) is 24.3 Å².